The number of carbonyl (C=O) groups is 1. The number of benzene rings is 2. The molecule has 1 N–H and O–H groups in total. The van der Waals surface area contributed by atoms with E-state index in [2.05, 4.69) is 17.1 Å². The smallest absolute Gasteiger partial charge is 0.306 e. The van der Waals surface area contributed by atoms with Gasteiger partial charge in [-0.3, -0.25) is 14.7 Å². The van der Waals surface area contributed by atoms with Gasteiger partial charge in [0, 0.05) is 43.7 Å². The van der Waals surface area contributed by atoms with Crippen LogP contribution in [0.2, 0.25) is 0 Å². The second kappa shape index (κ2) is 11.4. The van der Waals surface area contributed by atoms with Crippen molar-refractivity contribution in [3.05, 3.63) is 82.4 Å². The molecule has 0 amide bonds. The molecule has 2 aromatic carbocycles. The van der Waals surface area contributed by atoms with Crippen molar-refractivity contribution < 1.29 is 27.8 Å². The van der Waals surface area contributed by atoms with E-state index in [4.69, 9.17) is 4.74 Å². The van der Waals surface area contributed by atoms with Gasteiger partial charge in [0.05, 0.1) is 12.1 Å². The molecule has 0 bridgehead atoms. The Hall–Kier alpha value is -3.39. The van der Waals surface area contributed by atoms with Gasteiger partial charge in [0.25, 0.3) is 5.92 Å². The number of nitrogens with zero attached hydrogens (tertiary/aromatic N) is 2. The molecule has 8 heteroatoms. The highest BCUT2D eigenvalue weighted by molar-refractivity contribution is 5.71. The van der Waals surface area contributed by atoms with E-state index < -0.39 is 23.6 Å². The third-order valence-electron chi connectivity index (χ3n) is 9.24. The van der Waals surface area contributed by atoms with E-state index in [1.807, 2.05) is 36.1 Å². The van der Waals surface area contributed by atoms with Gasteiger partial charge in [0.1, 0.15) is 17.7 Å². The molecule has 2 aliphatic heterocycles. The molecule has 5 nitrogen and oxygen atoms in total. The number of hydrogen-bond acceptors (Lipinski definition) is 4. The number of aryl methyl sites for hydroxylation is 2. The molecule has 1 saturated carbocycles. The first-order valence-electron chi connectivity index (χ1n) is 15.0. The molecule has 0 spiro atoms. The lowest BCUT2D eigenvalue weighted by Crippen LogP contribution is -2.38. The fourth-order valence-corrected chi connectivity index (χ4v) is 6.64. The number of aromatic nitrogens is 1. The predicted octanol–water partition coefficient (Wildman–Crippen LogP) is 7.71. The van der Waals surface area contributed by atoms with Crippen LogP contribution in [0.25, 0.3) is 11.1 Å². The average molecular weight is 579 g/mol. The topological polar surface area (TPSA) is 62.7 Å². The van der Waals surface area contributed by atoms with E-state index >= 15 is 0 Å². The molecule has 1 aromatic heterocycles. The number of carboxylic acid groups (broad SMARTS) is 1. The van der Waals surface area contributed by atoms with E-state index in [1.54, 1.807) is 13.0 Å². The van der Waals surface area contributed by atoms with Gasteiger partial charge in [-0.1, -0.05) is 37.3 Å². The highest BCUT2D eigenvalue weighted by Gasteiger charge is 2.39. The number of fused-ring (bicyclic) bond motifs is 1. The van der Waals surface area contributed by atoms with Gasteiger partial charge < -0.3 is 9.84 Å². The number of rotatable bonds is 8. The molecular weight excluding hydrogens is 541 g/mol. The lowest BCUT2D eigenvalue weighted by Gasteiger charge is -2.33. The maximum Gasteiger partial charge on any atom is 0.306 e. The Morgan fingerprint density at radius 1 is 1.10 bits per heavy atom. The zero-order valence-corrected chi connectivity index (χ0v) is 24.1. The van der Waals surface area contributed by atoms with Crippen molar-refractivity contribution in [2.24, 2.45) is 11.8 Å². The number of alkyl halides is 2. The summed E-state index contributed by atoms with van der Waals surface area (Å²) in [6.07, 6.45) is 4.31. The number of pyridine rings is 1. The van der Waals surface area contributed by atoms with Crippen molar-refractivity contribution in [2.75, 3.05) is 13.1 Å². The molecule has 6 rings (SSSR count). The third-order valence-corrected chi connectivity index (χ3v) is 9.24. The summed E-state index contributed by atoms with van der Waals surface area (Å²) in [6.45, 7) is 4.59. The summed E-state index contributed by atoms with van der Waals surface area (Å²) in [7, 11) is 0. The Bertz CT molecular complexity index is 1480. The number of piperidine rings is 1. The molecule has 3 aliphatic rings. The second-order valence-electron chi connectivity index (χ2n) is 12.4. The van der Waals surface area contributed by atoms with Crippen LogP contribution in [-0.2, 0) is 17.8 Å². The molecule has 0 radical (unpaired) electrons. The number of aliphatic carboxylic acids is 1. The third kappa shape index (κ3) is 6.05. The molecule has 42 heavy (non-hydrogen) atoms. The van der Waals surface area contributed by atoms with Gasteiger partial charge in [-0.05, 0) is 84.4 Å². The minimum Gasteiger partial charge on any atom is -0.485 e. The highest BCUT2D eigenvalue weighted by Crippen LogP contribution is 2.48. The quantitative estimate of drug-likeness (QED) is 0.297. The molecule has 2 fully saturated rings. The first-order chi connectivity index (χ1) is 20.1. The van der Waals surface area contributed by atoms with Crippen LogP contribution in [0.15, 0.2) is 48.7 Å². The van der Waals surface area contributed by atoms with Crippen LogP contribution in [0.3, 0.4) is 0 Å². The highest BCUT2D eigenvalue weighted by atomic mass is 19.3. The monoisotopic (exact) mass is 578 g/mol. The Labute approximate surface area is 244 Å². The van der Waals surface area contributed by atoms with Crippen molar-refractivity contribution in [2.45, 2.75) is 76.9 Å². The van der Waals surface area contributed by atoms with Crippen molar-refractivity contribution in [3.63, 3.8) is 0 Å². The molecule has 1 unspecified atom stereocenters. The Morgan fingerprint density at radius 2 is 1.86 bits per heavy atom. The molecule has 222 valence electrons. The van der Waals surface area contributed by atoms with Crippen LogP contribution in [0.4, 0.5) is 13.2 Å². The first-order valence-corrected chi connectivity index (χ1v) is 15.0. The summed E-state index contributed by atoms with van der Waals surface area (Å²) in [5, 5.41) is 9.73. The molecule has 3 atom stereocenters. The number of likely N-dealkylation sites (tertiary alicyclic amines) is 1. The van der Waals surface area contributed by atoms with Crippen LogP contribution >= 0.6 is 0 Å². The Balaban J connectivity index is 1.30. The summed E-state index contributed by atoms with van der Waals surface area (Å²) in [6, 6.07) is 13.8. The molecule has 3 heterocycles. The minimum atomic E-state index is -2.64. The van der Waals surface area contributed by atoms with Gasteiger partial charge in [-0.25, -0.2) is 13.2 Å². The standard InChI is InChI=1S/C34H37F3N2O3/c1-20-15-28(29(35)18-38-20)27-9-7-24(16-26(27)19-39-13-11-34(36,37)12-14-39)30-10-8-22-3-6-25(17-31(22)42-30)32(23-4-5-23)21(2)33(40)41/h3,6-7,9,15-18,21,23,30,32H,4-5,8,10-14,19H2,1-2H3,(H,40,41)/t21-,30?,32-/m0/s1. The zero-order valence-electron chi connectivity index (χ0n) is 24.1. The fourth-order valence-electron chi connectivity index (χ4n) is 6.64. The Kier molecular flexibility index (Phi) is 7.77. The van der Waals surface area contributed by atoms with Gasteiger partial charge >= 0.3 is 5.97 Å². The van der Waals surface area contributed by atoms with Crippen LogP contribution in [0.5, 0.6) is 5.75 Å². The number of carboxylic acids is 1. The predicted molar refractivity (Wildman–Crippen MR) is 154 cm³/mol. The fraction of sp³-hybridized carbons (Fsp3) is 0.471. The van der Waals surface area contributed by atoms with Gasteiger partial charge in [0.2, 0.25) is 0 Å². The minimum absolute atomic E-state index is 0.0432. The molecule has 3 aromatic rings. The second-order valence-corrected chi connectivity index (χ2v) is 12.4. The SMILES string of the molecule is Cc1cc(-c2ccc(C3CCc4ccc([C@H](C5CC5)[C@H](C)C(=O)O)cc4O3)cc2CN2CCC(F)(F)CC2)c(F)cn1. The number of halogens is 3. The maximum absolute atomic E-state index is 15.0. The van der Waals surface area contributed by atoms with Crippen molar-refractivity contribution in [3.8, 4) is 16.9 Å². The van der Waals surface area contributed by atoms with Crippen molar-refractivity contribution >= 4 is 5.97 Å². The Morgan fingerprint density at radius 3 is 2.57 bits per heavy atom. The number of ether oxygens (including phenoxy) is 1. The van der Waals surface area contributed by atoms with Gasteiger partial charge in [-0.2, -0.15) is 0 Å². The van der Waals surface area contributed by atoms with Gasteiger partial charge in [0.15, 0.2) is 0 Å². The molecule has 1 saturated heterocycles. The first kappa shape index (κ1) is 28.7. The van der Waals surface area contributed by atoms with E-state index in [9.17, 15) is 23.1 Å². The van der Waals surface area contributed by atoms with Crippen molar-refractivity contribution in [1.82, 2.24) is 9.88 Å². The van der Waals surface area contributed by atoms with Crippen LogP contribution in [0, 0.1) is 24.6 Å². The van der Waals surface area contributed by atoms with Crippen molar-refractivity contribution in [1.29, 1.82) is 0 Å². The summed E-state index contributed by atoms with van der Waals surface area (Å²) >= 11 is 0. The van der Waals surface area contributed by atoms with E-state index in [1.165, 1.54) is 6.20 Å². The molecule has 1 aliphatic carbocycles. The van der Waals surface area contributed by atoms with E-state index in [-0.39, 0.29) is 38.0 Å². The summed E-state index contributed by atoms with van der Waals surface area (Å²) < 4.78 is 49.3. The number of hydrogen-bond donors (Lipinski definition) is 1. The lowest BCUT2D eigenvalue weighted by molar-refractivity contribution is -0.142. The summed E-state index contributed by atoms with van der Waals surface area (Å²) in [4.78, 5) is 17.9. The normalized spacial score (nSPS) is 21.7. The lowest BCUT2D eigenvalue weighted by atomic mass is 9.82. The van der Waals surface area contributed by atoms with Gasteiger partial charge in [-0.15, -0.1) is 0 Å². The largest absolute Gasteiger partial charge is 0.485 e. The van der Waals surface area contributed by atoms with E-state index in [0.29, 0.717) is 23.7 Å². The van der Waals surface area contributed by atoms with Crippen LogP contribution < -0.4 is 4.74 Å². The summed E-state index contributed by atoms with van der Waals surface area (Å²) in [5.41, 5.74) is 5.81. The molecular formula is C34H37F3N2O3. The zero-order chi connectivity index (χ0) is 29.6. The summed E-state index contributed by atoms with van der Waals surface area (Å²) in [5.74, 6) is -3.19. The van der Waals surface area contributed by atoms with Crippen LogP contribution in [0.1, 0.15) is 79.0 Å². The van der Waals surface area contributed by atoms with Crippen LogP contribution in [-0.4, -0.2) is 40.0 Å². The maximum atomic E-state index is 15.0. The van der Waals surface area contributed by atoms with E-state index in [0.717, 1.165) is 59.3 Å². The average Bonchev–Trinajstić information content (AvgIpc) is 3.80.